The predicted octanol–water partition coefficient (Wildman–Crippen LogP) is 6.05. The molecule has 5 aromatic rings. The number of thiophene rings is 1. The second-order valence-corrected chi connectivity index (χ2v) is 12.4. The minimum Gasteiger partial charge on any atom is -0.497 e. The molecular formula is C34H32N6O4S2. The molecule has 0 fully saturated rings. The fraction of sp³-hybridized carbons (Fsp3) is 0.206. The van der Waals surface area contributed by atoms with Crippen molar-refractivity contribution in [3.05, 3.63) is 118 Å². The van der Waals surface area contributed by atoms with Crippen molar-refractivity contribution in [3.8, 4) is 17.2 Å². The van der Waals surface area contributed by atoms with Crippen LogP contribution in [0.3, 0.4) is 0 Å². The fourth-order valence-corrected chi connectivity index (χ4v) is 6.70. The first-order valence-corrected chi connectivity index (χ1v) is 16.4. The molecule has 2 amide bonds. The summed E-state index contributed by atoms with van der Waals surface area (Å²) >= 11 is 2.87. The molecule has 0 saturated heterocycles. The molecule has 0 bridgehead atoms. The molecule has 2 aromatic heterocycles. The number of nitrogens with one attached hydrogen (secondary N) is 1. The third kappa shape index (κ3) is 6.68. The third-order valence-corrected chi connectivity index (χ3v) is 9.36. The van der Waals surface area contributed by atoms with E-state index in [4.69, 9.17) is 14.6 Å². The molecule has 6 rings (SSSR count). The predicted molar refractivity (Wildman–Crippen MR) is 179 cm³/mol. The zero-order valence-corrected chi connectivity index (χ0v) is 27.2. The lowest BCUT2D eigenvalue weighted by molar-refractivity contribution is -0.130. The molecule has 234 valence electrons. The van der Waals surface area contributed by atoms with Crippen LogP contribution in [0, 0.1) is 6.92 Å². The lowest BCUT2D eigenvalue weighted by atomic mass is 10.00. The summed E-state index contributed by atoms with van der Waals surface area (Å²) in [5.41, 5.74) is 4.22. The maximum absolute atomic E-state index is 13.8. The number of para-hydroxylation sites is 2. The van der Waals surface area contributed by atoms with Crippen molar-refractivity contribution in [2.75, 3.05) is 20.0 Å². The monoisotopic (exact) mass is 652 g/mol. The highest BCUT2D eigenvalue weighted by atomic mass is 32.2. The number of thioether (sulfide) groups is 1. The topological polar surface area (TPSA) is 111 Å². The van der Waals surface area contributed by atoms with Gasteiger partial charge in [-0.05, 0) is 54.3 Å². The molecule has 10 nitrogen and oxygen atoms in total. The van der Waals surface area contributed by atoms with Crippen molar-refractivity contribution in [1.82, 2.24) is 25.1 Å². The van der Waals surface area contributed by atoms with Crippen molar-refractivity contribution in [2.24, 2.45) is 5.10 Å². The Bertz CT molecular complexity index is 1870. The summed E-state index contributed by atoms with van der Waals surface area (Å²) in [6.07, 6.45) is 0.633. The Morgan fingerprint density at radius 3 is 2.57 bits per heavy atom. The average molecular weight is 653 g/mol. The SMILES string of the molecule is COc1cccc(C(=O)NCc2nnc(SCC(=O)N3N=C(c4cccs4)C[C@@H]3c3ccc(C)cc3)n2-c2ccccc2OC)c1. The molecule has 1 atom stereocenters. The Kier molecular flexibility index (Phi) is 9.46. The van der Waals surface area contributed by atoms with Gasteiger partial charge in [0, 0.05) is 12.0 Å². The summed E-state index contributed by atoms with van der Waals surface area (Å²) in [6.45, 7) is 2.13. The molecule has 0 unspecified atom stereocenters. The quantitative estimate of drug-likeness (QED) is 0.173. The van der Waals surface area contributed by atoms with Crippen LogP contribution in [0.25, 0.3) is 5.69 Å². The minimum atomic E-state index is -0.284. The number of hydrogen-bond acceptors (Lipinski definition) is 9. The van der Waals surface area contributed by atoms with Gasteiger partial charge in [0.1, 0.15) is 11.5 Å². The zero-order chi connectivity index (χ0) is 32.0. The van der Waals surface area contributed by atoms with Gasteiger partial charge in [0.05, 0.1) is 48.8 Å². The number of aromatic nitrogens is 3. The van der Waals surface area contributed by atoms with Gasteiger partial charge in [0.2, 0.25) is 0 Å². The van der Waals surface area contributed by atoms with Crippen molar-refractivity contribution in [2.45, 2.75) is 31.1 Å². The van der Waals surface area contributed by atoms with Gasteiger partial charge >= 0.3 is 0 Å². The normalized spacial score (nSPS) is 14.2. The number of hydrogen-bond donors (Lipinski definition) is 1. The molecule has 12 heteroatoms. The van der Waals surface area contributed by atoms with Crippen molar-refractivity contribution >= 4 is 40.6 Å². The van der Waals surface area contributed by atoms with Crippen LogP contribution in [-0.2, 0) is 11.3 Å². The van der Waals surface area contributed by atoms with Gasteiger partial charge in [0.15, 0.2) is 11.0 Å². The van der Waals surface area contributed by atoms with Gasteiger partial charge in [-0.15, -0.1) is 21.5 Å². The Balaban J connectivity index is 1.25. The Hall–Kier alpha value is -4.94. The van der Waals surface area contributed by atoms with Crippen LogP contribution in [0.15, 0.2) is 101 Å². The molecule has 0 spiro atoms. The summed E-state index contributed by atoms with van der Waals surface area (Å²) in [7, 11) is 3.14. The maximum atomic E-state index is 13.8. The highest BCUT2D eigenvalue weighted by Crippen LogP contribution is 2.35. The maximum Gasteiger partial charge on any atom is 0.253 e. The van der Waals surface area contributed by atoms with E-state index in [1.54, 1.807) is 54.8 Å². The number of amides is 2. The second-order valence-electron chi connectivity index (χ2n) is 10.5. The van der Waals surface area contributed by atoms with Gasteiger partial charge in [0.25, 0.3) is 11.8 Å². The molecule has 1 aliphatic heterocycles. The molecule has 3 aromatic carbocycles. The number of benzene rings is 3. The number of hydrazone groups is 1. The molecule has 1 aliphatic rings. The number of methoxy groups -OCH3 is 2. The number of rotatable bonds is 11. The Labute approximate surface area is 275 Å². The fourth-order valence-electron chi connectivity index (χ4n) is 5.16. The van der Waals surface area contributed by atoms with E-state index in [9.17, 15) is 9.59 Å². The molecular weight excluding hydrogens is 621 g/mol. The van der Waals surface area contributed by atoms with E-state index in [1.165, 1.54) is 11.8 Å². The summed E-state index contributed by atoms with van der Waals surface area (Å²) in [4.78, 5) is 27.9. The number of aryl methyl sites for hydroxylation is 1. The highest BCUT2D eigenvalue weighted by Gasteiger charge is 2.33. The molecule has 46 heavy (non-hydrogen) atoms. The standard InChI is InChI=1S/C34H32N6O4S2/c1-22-13-15-23(16-14-22)28-19-26(30-12-7-17-45-30)38-40(28)32(41)21-46-34-37-36-31(39(34)27-10-4-5-11-29(27)44-3)20-35-33(42)24-8-6-9-25(18-24)43-2/h4-18,28H,19-21H2,1-3H3,(H,35,42)/t28-/m1/s1. The molecule has 3 heterocycles. The zero-order valence-electron chi connectivity index (χ0n) is 25.5. The summed E-state index contributed by atoms with van der Waals surface area (Å²) in [5, 5.41) is 20.7. The average Bonchev–Trinajstić information content (AvgIpc) is 3.87. The summed E-state index contributed by atoms with van der Waals surface area (Å²) in [5.74, 6) is 1.31. The van der Waals surface area contributed by atoms with E-state index in [1.807, 2.05) is 53.3 Å². The number of carbonyl (C=O) groups excluding carboxylic acids is 2. The van der Waals surface area contributed by atoms with Gasteiger partial charge in [-0.2, -0.15) is 5.10 Å². The van der Waals surface area contributed by atoms with E-state index in [-0.39, 0.29) is 30.2 Å². The van der Waals surface area contributed by atoms with E-state index in [0.717, 1.165) is 21.7 Å². The number of carbonyl (C=O) groups is 2. The first-order chi connectivity index (χ1) is 22.4. The smallest absolute Gasteiger partial charge is 0.253 e. The highest BCUT2D eigenvalue weighted by molar-refractivity contribution is 7.99. The van der Waals surface area contributed by atoms with E-state index < -0.39 is 0 Å². The first kappa shape index (κ1) is 31.1. The van der Waals surface area contributed by atoms with Gasteiger partial charge < -0.3 is 14.8 Å². The summed E-state index contributed by atoms with van der Waals surface area (Å²) in [6, 6.07) is 26.4. The van der Waals surface area contributed by atoms with Crippen LogP contribution in [0.4, 0.5) is 0 Å². The van der Waals surface area contributed by atoms with Crippen molar-refractivity contribution < 1.29 is 19.1 Å². The van der Waals surface area contributed by atoms with Crippen LogP contribution in [0.2, 0.25) is 0 Å². The van der Waals surface area contributed by atoms with Crippen molar-refractivity contribution in [1.29, 1.82) is 0 Å². The molecule has 0 saturated carbocycles. The van der Waals surface area contributed by atoms with Gasteiger partial charge in [-0.25, -0.2) is 5.01 Å². The first-order valence-electron chi connectivity index (χ1n) is 14.6. The Morgan fingerprint density at radius 2 is 1.80 bits per heavy atom. The lowest BCUT2D eigenvalue weighted by Gasteiger charge is -2.22. The number of nitrogens with zero attached hydrogens (tertiary/aromatic N) is 5. The van der Waals surface area contributed by atoms with E-state index in [0.29, 0.717) is 40.2 Å². The van der Waals surface area contributed by atoms with Crippen molar-refractivity contribution in [3.63, 3.8) is 0 Å². The van der Waals surface area contributed by atoms with Crippen LogP contribution < -0.4 is 14.8 Å². The van der Waals surface area contributed by atoms with Gasteiger partial charge in [-0.1, -0.05) is 65.9 Å². The Morgan fingerprint density at radius 1 is 0.978 bits per heavy atom. The lowest BCUT2D eigenvalue weighted by Crippen LogP contribution is -2.28. The van der Waals surface area contributed by atoms with Crippen LogP contribution in [0.1, 0.15) is 44.6 Å². The number of ether oxygens (including phenoxy) is 2. The van der Waals surface area contributed by atoms with E-state index >= 15 is 0 Å². The third-order valence-electron chi connectivity index (χ3n) is 7.52. The van der Waals surface area contributed by atoms with Gasteiger partial charge in [-0.3, -0.25) is 14.2 Å². The summed E-state index contributed by atoms with van der Waals surface area (Å²) < 4.78 is 12.7. The van der Waals surface area contributed by atoms with Crippen LogP contribution in [-0.4, -0.2) is 57.3 Å². The van der Waals surface area contributed by atoms with E-state index in [2.05, 4.69) is 39.8 Å². The second kappa shape index (κ2) is 14.0. The van der Waals surface area contributed by atoms with Crippen LogP contribution in [0.5, 0.6) is 11.5 Å². The van der Waals surface area contributed by atoms with Crippen LogP contribution >= 0.6 is 23.1 Å². The molecule has 0 aliphatic carbocycles. The molecule has 1 N–H and O–H groups in total. The molecule has 0 radical (unpaired) electrons. The largest absolute Gasteiger partial charge is 0.497 e. The minimum absolute atomic E-state index is 0.0764.